The van der Waals surface area contributed by atoms with Crippen molar-refractivity contribution < 1.29 is 13.2 Å². The smallest absolute Gasteiger partial charge is 0.246 e. The van der Waals surface area contributed by atoms with Crippen LogP contribution in [-0.2, 0) is 14.8 Å². The summed E-state index contributed by atoms with van der Waals surface area (Å²) in [5, 5.41) is 0. The van der Waals surface area contributed by atoms with E-state index in [1.165, 1.54) is 50.5 Å². The van der Waals surface area contributed by atoms with Crippen LogP contribution in [0.25, 0.3) is 6.08 Å². The van der Waals surface area contributed by atoms with Crippen molar-refractivity contribution in [1.82, 2.24) is 9.21 Å². The van der Waals surface area contributed by atoms with Crippen molar-refractivity contribution in [3.8, 4) is 0 Å². The highest BCUT2D eigenvalue weighted by molar-refractivity contribution is 7.89. The molecule has 2 aliphatic rings. The molecule has 0 unspecified atom stereocenters. The number of rotatable bonds is 4. The fraction of sp³-hybridized carbons (Fsp3) is 0.571. The first-order chi connectivity index (χ1) is 12.8. The van der Waals surface area contributed by atoms with E-state index >= 15 is 0 Å². The molecule has 0 N–H and O–H groups in total. The second-order valence-corrected chi connectivity index (χ2v) is 10.2. The molecule has 1 heterocycles. The number of hydrogen-bond donors (Lipinski definition) is 0. The molecule has 1 aromatic rings. The quantitative estimate of drug-likeness (QED) is 0.739. The number of hydrogen-bond acceptors (Lipinski definition) is 3. The summed E-state index contributed by atoms with van der Waals surface area (Å²) in [6.07, 6.45) is 12.3. The normalized spacial score (nSPS) is 20.5. The molecule has 0 radical (unpaired) electrons. The van der Waals surface area contributed by atoms with Crippen molar-refractivity contribution in [3.05, 3.63) is 35.9 Å². The molecule has 5 nitrogen and oxygen atoms in total. The predicted octanol–water partition coefficient (Wildman–Crippen LogP) is 3.52. The third-order valence-electron chi connectivity index (χ3n) is 6.13. The Morgan fingerprint density at radius 1 is 1.00 bits per heavy atom. The number of likely N-dealkylation sites (tertiary alicyclic amines) is 1. The van der Waals surface area contributed by atoms with Gasteiger partial charge in [0.1, 0.15) is 0 Å². The second-order valence-electron chi connectivity index (χ2n) is 8.08. The summed E-state index contributed by atoms with van der Waals surface area (Å²) in [6, 6.07) is 6.61. The Balaban J connectivity index is 1.57. The van der Waals surface area contributed by atoms with Crippen LogP contribution in [-0.4, -0.2) is 50.7 Å². The lowest BCUT2D eigenvalue weighted by atomic mass is 9.68. The first kappa shape index (κ1) is 20.1. The molecule has 1 spiro atoms. The van der Waals surface area contributed by atoms with Gasteiger partial charge in [0.25, 0.3) is 0 Å². The van der Waals surface area contributed by atoms with Crippen LogP contribution in [0.15, 0.2) is 35.2 Å². The Bertz CT molecular complexity index is 781. The minimum absolute atomic E-state index is 0.0469. The molecule has 148 valence electrons. The van der Waals surface area contributed by atoms with Crippen LogP contribution in [0, 0.1) is 5.41 Å². The van der Waals surface area contributed by atoms with Gasteiger partial charge in [-0.2, -0.15) is 0 Å². The van der Waals surface area contributed by atoms with Crippen LogP contribution < -0.4 is 0 Å². The zero-order valence-electron chi connectivity index (χ0n) is 16.4. The molecule has 0 bridgehead atoms. The lowest BCUT2D eigenvalue weighted by Gasteiger charge is -2.44. The zero-order valence-corrected chi connectivity index (χ0v) is 17.2. The van der Waals surface area contributed by atoms with E-state index in [0.29, 0.717) is 5.41 Å². The average molecular weight is 391 g/mol. The molecular formula is C21H30N2O3S. The van der Waals surface area contributed by atoms with Gasteiger partial charge in [-0.05, 0) is 54.9 Å². The second kappa shape index (κ2) is 8.15. The van der Waals surface area contributed by atoms with Gasteiger partial charge in [-0.25, -0.2) is 12.7 Å². The lowest BCUT2D eigenvalue weighted by Crippen LogP contribution is -2.43. The van der Waals surface area contributed by atoms with E-state index in [4.69, 9.17) is 0 Å². The number of sulfonamides is 1. The molecule has 6 heteroatoms. The maximum Gasteiger partial charge on any atom is 0.246 e. The molecule has 1 saturated heterocycles. The highest BCUT2D eigenvalue weighted by Crippen LogP contribution is 2.44. The van der Waals surface area contributed by atoms with E-state index in [9.17, 15) is 13.2 Å². The standard InChI is InChI=1S/C21H30N2O3S/c1-22(2)27(25,26)19-9-6-18(7-10-19)8-11-20(24)23-16-14-21(15-17-23)12-4-3-5-13-21/h6-11H,3-5,12-17H2,1-2H3. The van der Waals surface area contributed by atoms with Gasteiger partial charge in [-0.1, -0.05) is 31.4 Å². The van der Waals surface area contributed by atoms with E-state index in [-0.39, 0.29) is 10.8 Å². The third kappa shape index (κ3) is 4.61. The number of nitrogens with zero attached hydrogens (tertiary/aromatic N) is 2. The highest BCUT2D eigenvalue weighted by Gasteiger charge is 2.36. The van der Waals surface area contributed by atoms with Crippen LogP contribution in [0.2, 0.25) is 0 Å². The van der Waals surface area contributed by atoms with Gasteiger partial charge in [0.05, 0.1) is 4.90 Å². The fourth-order valence-electron chi connectivity index (χ4n) is 4.24. The average Bonchev–Trinajstić information content (AvgIpc) is 2.67. The largest absolute Gasteiger partial charge is 0.339 e. The molecule has 1 aromatic carbocycles. The highest BCUT2D eigenvalue weighted by atomic mass is 32.2. The van der Waals surface area contributed by atoms with Gasteiger partial charge in [-0.15, -0.1) is 0 Å². The van der Waals surface area contributed by atoms with E-state index < -0.39 is 10.0 Å². The van der Waals surface area contributed by atoms with Crippen molar-refractivity contribution >= 4 is 22.0 Å². The van der Waals surface area contributed by atoms with Crippen molar-refractivity contribution in [1.29, 1.82) is 0 Å². The minimum Gasteiger partial charge on any atom is -0.339 e. The molecule has 1 aliphatic carbocycles. The van der Waals surface area contributed by atoms with Crippen molar-refractivity contribution in [2.75, 3.05) is 27.2 Å². The van der Waals surface area contributed by atoms with Crippen LogP contribution in [0.3, 0.4) is 0 Å². The SMILES string of the molecule is CN(C)S(=O)(=O)c1ccc(C=CC(=O)N2CCC3(CCCCC3)CC2)cc1. The third-order valence-corrected chi connectivity index (χ3v) is 7.96. The van der Waals surface area contributed by atoms with Gasteiger partial charge in [0.15, 0.2) is 0 Å². The summed E-state index contributed by atoms with van der Waals surface area (Å²) in [5.41, 5.74) is 1.31. The Kier molecular flexibility index (Phi) is 6.06. The van der Waals surface area contributed by atoms with Crippen LogP contribution in [0.4, 0.5) is 0 Å². The molecule has 2 fully saturated rings. The summed E-state index contributed by atoms with van der Waals surface area (Å²) in [4.78, 5) is 14.7. The molecule has 1 saturated carbocycles. The van der Waals surface area contributed by atoms with Crippen molar-refractivity contribution in [2.45, 2.75) is 49.8 Å². The van der Waals surface area contributed by atoms with Gasteiger partial charge in [0.2, 0.25) is 15.9 Å². The zero-order chi connectivity index (χ0) is 19.5. The van der Waals surface area contributed by atoms with E-state index in [0.717, 1.165) is 31.5 Å². The Morgan fingerprint density at radius 2 is 1.59 bits per heavy atom. The van der Waals surface area contributed by atoms with Crippen LogP contribution in [0.1, 0.15) is 50.5 Å². The summed E-state index contributed by atoms with van der Waals surface area (Å²) < 4.78 is 25.4. The molecule has 3 rings (SSSR count). The maximum absolute atomic E-state index is 12.5. The van der Waals surface area contributed by atoms with Gasteiger partial charge < -0.3 is 4.90 Å². The maximum atomic E-state index is 12.5. The van der Waals surface area contributed by atoms with Crippen LogP contribution in [0.5, 0.6) is 0 Å². The van der Waals surface area contributed by atoms with E-state index in [2.05, 4.69) is 0 Å². The van der Waals surface area contributed by atoms with Crippen molar-refractivity contribution in [3.63, 3.8) is 0 Å². The number of amides is 1. The molecular weight excluding hydrogens is 360 g/mol. The van der Waals surface area contributed by atoms with E-state index in [1.807, 2.05) is 4.90 Å². The Hall–Kier alpha value is -1.66. The summed E-state index contributed by atoms with van der Waals surface area (Å²) >= 11 is 0. The molecule has 0 aromatic heterocycles. The Labute approximate surface area is 163 Å². The number of benzene rings is 1. The monoisotopic (exact) mass is 390 g/mol. The number of piperidine rings is 1. The minimum atomic E-state index is -3.42. The molecule has 27 heavy (non-hydrogen) atoms. The van der Waals surface area contributed by atoms with Crippen LogP contribution >= 0.6 is 0 Å². The molecule has 0 atom stereocenters. The summed E-state index contributed by atoms with van der Waals surface area (Å²) in [6.45, 7) is 1.70. The first-order valence-corrected chi connectivity index (χ1v) is 11.3. The van der Waals surface area contributed by atoms with E-state index in [1.54, 1.807) is 36.4 Å². The number of carbonyl (C=O) groups is 1. The number of carbonyl (C=O) groups excluding carboxylic acids is 1. The molecule has 1 amide bonds. The predicted molar refractivity (Wildman–Crippen MR) is 108 cm³/mol. The topological polar surface area (TPSA) is 57.7 Å². The first-order valence-electron chi connectivity index (χ1n) is 9.82. The van der Waals surface area contributed by atoms with Crippen molar-refractivity contribution in [2.24, 2.45) is 5.41 Å². The fourth-order valence-corrected chi connectivity index (χ4v) is 5.14. The summed E-state index contributed by atoms with van der Waals surface area (Å²) in [5.74, 6) is 0.0469. The van der Waals surface area contributed by atoms with Gasteiger partial charge in [0, 0.05) is 33.3 Å². The molecule has 1 aliphatic heterocycles. The lowest BCUT2D eigenvalue weighted by molar-refractivity contribution is -0.128. The van der Waals surface area contributed by atoms with Gasteiger partial charge >= 0.3 is 0 Å². The Morgan fingerprint density at radius 3 is 2.15 bits per heavy atom. The summed E-state index contributed by atoms with van der Waals surface area (Å²) in [7, 11) is -0.398. The van der Waals surface area contributed by atoms with Gasteiger partial charge in [-0.3, -0.25) is 4.79 Å².